The van der Waals surface area contributed by atoms with Crippen LogP contribution in [0.4, 0.5) is 4.79 Å². The Balaban J connectivity index is 1.81. The first-order valence-corrected chi connectivity index (χ1v) is 12.8. The molecule has 2 aliphatic heterocycles. The molecular weight excluding hydrogens is 456 g/mol. The maximum Gasteiger partial charge on any atom is 0.408 e. The van der Waals surface area contributed by atoms with Gasteiger partial charge in [-0.25, -0.2) is 4.79 Å². The molecule has 2 amide bonds. The Kier molecular flexibility index (Phi) is 6.79. The summed E-state index contributed by atoms with van der Waals surface area (Å²) in [5.41, 5.74) is 0.0678. The minimum Gasteiger partial charge on any atom is -0.444 e. The van der Waals surface area contributed by atoms with Gasteiger partial charge in [0.2, 0.25) is 0 Å². The third-order valence-corrected chi connectivity index (χ3v) is 7.89. The summed E-state index contributed by atoms with van der Waals surface area (Å²) < 4.78 is 6.12. The van der Waals surface area contributed by atoms with Gasteiger partial charge in [0.25, 0.3) is 5.91 Å². The van der Waals surface area contributed by atoms with Crippen LogP contribution >= 0.6 is 34.9 Å². The average Bonchev–Trinajstić information content (AvgIpc) is 3.06. The maximum atomic E-state index is 13.3. The third-order valence-electron chi connectivity index (χ3n) is 4.49. The van der Waals surface area contributed by atoms with Crippen molar-refractivity contribution in [3.05, 3.63) is 16.3 Å². The Morgan fingerprint density at radius 3 is 2.45 bits per heavy atom. The molecule has 0 saturated carbocycles. The number of aromatic nitrogens is 2. The van der Waals surface area contributed by atoms with Gasteiger partial charge in [-0.2, -0.15) is 0 Å². The van der Waals surface area contributed by atoms with Crippen molar-refractivity contribution in [2.75, 3.05) is 11.5 Å². The normalized spacial score (nSPS) is 21.5. The number of Topliss-reactive ketones (excluding diaryl/α,β-unsaturated/α-hetero) is 1. The van der Waals surface area contributed by atoms with Crippen molar-refractivity contribution in [2.24, 2.45) is 5.41 Å². The molecule has 1 unspecified atom stereocenters. The highest BCUT2D eigenvalue weighted by molar-refractivity contribution is 8.01. The third kappa shape index (κ3) is 5.43. The predicted octanol–water partition coefficient (Wildman–Crippen LogP) is 3.62. The molecule has 1 fully saturated rings. The second kappa shape index (κ2) is 8.74. The number of β-lactam (4-membered cyclic amide) rings is 1. The van der Waals surface area contributed by atoms with E-state index in [0.29, 0.717) is 17.2 Å². The highest BCUT2D eigenvalue weighted by atomic mass is 32.2. The Hall–Kier alpha value is -1.59. The lowest BCUT2D eigenvalue weighted by Gasteiger charge is -2.50. The lowest BCUT2D eigenvalue weighted by molar-refractivity contribution is -0.146. The number of ketones is 1. The number of hydrogen-bond donors (Lipinski definition) is 1. The van der Waals surface area contributed by atoms with E-state index >= 15 is 0 Å². The van der Waals surface area contributed by atoms with Crippen molar-refractivity contribution >= 4 is 52.6 Å². The number of allylic oxidation sites excluding steroid dienone is 1. The van der Waals surface area contributed by atoms with E-state index in [4.69, 9.17) is 4.74 Å². The number of ether oxygens (including phenoxy) is 1. The first kappa shape index (κ1) is 24.1. The van der Waals surface area contributed by atoms with Crippen molar-refractivity contribution in [1.29, 1.82) is 0 Å². The van der Waals surface area contributed by atoms with Gasteiger partial charge < -0.3 is 10.1 Å². The molecule has 0 spiro atoms. The van der Waals surface area contributed by atoms with Gasteiger partial charge >= 0.3 is 6.09 Å². The van der Waals surface area contributed by atoms with E-state index in [0.717, 1.165) is 14.9 Å². The summed E-state index contributed by atoms with van der Waals surface area (Å²) in [6.45, 7) is 12.7. The number of carbonyl (C=O) groups excluding carboxylic acids is 3. The van der Waals surface area contributed by atoms with Gasteiger partial charge in [-0.15, -0.1) is 22.0 Å². The number of nitrogens with one attached hydrogen (secondary N) is 1. The number of rotatable bonds is 5. The van der Waals surface area contributed by atoms with Crippen molar-refractivity contribution in [2.45, 2.75) is 69.8 Å². The van der Waals surface area contributed by atoms with Gasteiger partial charge in [0.05, 0.1) is 5.70 Å². The summed E-state index contributed by atoms with van der Waals surface area (Å²) in [5.74, 6) is 0.790. The van der Waals surface area contributed by atoms with Crippen LogP contribution in [0.1, 0.15) is 46.6 Å². The van der Waals surface area contributed by atoms with E-state index in [2.05, 4.69) is 15.5 Å². The lowest BCUT2D eigenvalue weighted by atomic mass is 9.85. The topological polar surface area (TPSA) is 101 Å². The molecular formula is C20H28N4O4S3. The van der Waals surface area contributed by atoms with Gasteiger partial charge in [-0.3, -0.25) is 14.5 Å². The molecule has 0 bridgehead atoms. The minimum absolute atomic E-state index is 0.0779. The smallest absolute Gasteiger partial charge is 0.408 e. The molecule has 2 atom stereocenters. The summed E-state index contributed by atoms with van der Waals surface area (Å²) in [6.07, 6.45) is -0.633. The van der Waals surface area contributed by atoms with Crippen molar-refractivity contribution < 1.29 is 19.1 Å². The minimum atomic E-state index is -0.706. The molecule has 3 heterocycles. The predicted molar refractivity (Wildman–Crippen MR) is 123 cm³/mol. The number of thioether (sulfide) groups is 2. The number of carbonyl (C=O) groups is 3. The van der Waals surface area contributed by atoms with Crippen LogP contribution in [-0.4, -0.2) is 61.4 Å². The van der Waals surface area contributed by atoms with Gasteiger partial charge in [0.15, 0.2) is 10.1 Å². The van der Waals surface area contributed by atoms with Gasteiger partial charge in [0.1, 0.15) is 22.0 Å². The van der Waals surface area contributed by atoms with Crippen molar-refractivity contribution in [3.8, 4) is 0 Å². The number of fused-ring (bicyclic) bond motifs is 1. The van der Waals surface area contributed by atoms with Crippen LogP contribution in [0.5, 0.6) is 0 Å². The molecule has 2 aliphatic rings. The van der Waals surface area contributed by atoms with Gasteiger partial charge in [0, 0.05) is 16.9 Å². The van der Waals surface area contributed by atoms with Crippen LogP contribution < -0.4 is 5.32 Å². The zero-order chi connectivity index (χ0) is 23.1. The Morgan fingerprint density at radius 2 is 1.90 bits per heavy atom. The van der Waals surface area contributed by atoms with Gasteiger partial charge in [-0.05, 0) is 33.3 Å². The van der Waals surface area contributed by atoms with E-state index in [1.54, 1.807) is 37.4 Å². The Bertz CT molecular complexity index is 930. The molecule has 8 nitrogen and oxygen atoms in total. The molecule has 1 N–H and O–H groups in total. The van der Waals surface area contributed by atoms with Crippen LogP contribution in [0.3, 0.4) is 0 Å². The van der Waals surface area contributed by atoms with Gasteiger partial charge in [-0.1, -0.05) is 43.9 Å². The fraction of sp³-hybridized carbons (Fsp3) is 0.650. The van der Waals surface area contributed by atoms with E-state index in [9.17, 15) is 14.4 Å². The summed E-state index contributed by atoms with van der Waals surface area (Å²) in [6, 6.07) is -0.706. The molecule has 11 heteroatoms. The highest BCUT2D eigenvalue weighted by Gasteiger charge is 2.55. The van der Waals surface area contributed by atoms with E-state index < -0.39 is 23.2 Å². The maximum absolute atomic E-state index is 13.3. The SMILES string of the molecule is Cc1nnc(SCC2=C(C(=O)C(C)(C)C)N3C(=O)C(NC(=O)OC(C)(C)C)[C@@H]3SC2)s1. The Morgan fingerprint density at radius 1 is 1.23 bits per heavy atom. The van der Waals surface area contributed by atoms with Crippen LogP contribution in [0.25, 0.3) is 0 Å². The fourth-order valence-electron chi connectivity index (χ4n) is 3.09. The molecule has 31 heavy (non-hydrogen) atoms. The summed E-state index contributed by atoms with van der Waals surface area (Å²) in [5, 5.41) is 11.4. The molecule has 0 radical (unpaired) electrons. The van der Waals surface area contributed by atoms with E-state index in [1.807, 2.05) is 27.7 Å². The lowest BCUT2D eigenvalue weighted by Crippen LogP contribution is -2.71. The molecule has 1 aromatic heterocycles. The number of amides is 2. The molecule has 3 rings (SSSR count). The largest absolute Gasteiger partial charge is 0.444 e. The van der Waals surface area contributed by atoms with Crippen LogP contribution in [0, 0.1) is 12.3 Å². The Labute approximate surface area is 195 Å². The van der Waals surface area contributed by atoms with Crippen LogP contribution in [-0.2, 0) is 14.3 Å². The zero-order valence-electron chi connectivity index (χ0n) is 18.8. The molecule has 1 aromatic rings. The van der Waals surface area contributed by atoms with Crippen LogP contribution in [0.15, 0.2) is 15.6 Å². The van der Waals surface area contributed by atoms with Crippen LogP contribution in [0.2, 0.25) is 0 Å². The zero-order valence-corrected chi connectivity index (χ0v) is 21.2. The molecule has 0 aromatic carbocycles. The number of nitrogens with zero attached hydrogens (tertiary/aromatic N) is 3. The summed E-state index contributed by atoms with van der Waals surface area (Å²) in [4.78, 5) is 40.0. The summed E-state index contributed by atoms with van der Waals surface area (Å²) >= 11 is 4.57. The molecule has 1 saturated heterocycles. The fourth-order valence-corrected chi connectivity index (χ4v) is 6.39. The highest BCUT2D eigenvalue weighted by Crippen LogP contribution is 2.43. The second-order valence-electron chi connectivity index (χ2n) is 9.44. The number of alkyl carbamates (subject to hydrolysis) is 1. The van der Waals surface area contributed by atoms with Crippen molar-refractivity contribution in [1.82, 2.24) is 20.4 Å². The number of aryl methyl sites for hydroxylation is 1. The average molecular weight is 485 g/mol. The van der Waals surface area contributed by atoms with Crippen molar-refractivity contribution in [3.63, 3.8) is 0 Å². The quantitative estimate of drug-likeness (QED) is 0.500. The standard InChI is InChI=1S/C20H28N4O4S3/c1-10-22-23-18(31-10)30-9-11-8-29-16-12(21-17(27)28-20(5,6)7)15(26)24(16)13(11)14(25)19(2,3)4/h12,16H,8-9H2,1-7H3,(H,21,27)/t12?,16-/m0/s1. The first-order chi connectivity index (χ1) is 14.3. The number of hydrogen-bond acceptors (Lipinski definition) is 9. The second-order valence-corrected chi connectivity index (χ2v) is 12.9. The molecule has 0 aliphatic carbocycles. The summed E-state index contributed by atoms with van der Waals surface area (Å²) in [7, 11) is 0. The van der Waals surface area contributed by atoms with E-state index in [-0.39, 0.29) is 17.1 Å². The first-order valence-electron chi connectivity index (χ1n) is 9.92. The monoisotopic (exact) mass is 484 g/mol. The molecule has 170 valence electrons. The van der Waals surface area contributed by atoms with E-state index in [1.165, 1.54) is 23.1 Å².